The Morgan fingerprint density at radius 2 is 0.821 bits per heavy atom. The highest BCUT2D eigenvalue weighted by Gasteiger charge is 2.14. The molecule has 2 atom stereocenters. The van der Waals surface area contributed by atoms with Gasteiger partial charge in [-0.3, -0.25) is 0 Å². The Labute approximate surface area is 178 Å². The second-order valence-electron chi connectivity index (χ2n) is 8.82. The summed E-state index contributed by atoms with van der Waals surface area (Å²) < 4.78 is 12.0. The van der Waals surface area contributed by atoms with Crippen molar-refractivity contribution < 1.29 is 9.47 Å². The van der Waals surface area contributed by atoms with Crippen LogP contribution >= 0.6 is 0 Å². The number of hydrogen-bond donors (Lipinski definition) is 0. The summed E-state index contributed by atoms with van der Waals surface area (Å²) in [4.78, 5) is 0. The molecule has 0 aromatic carbocycles. The molecule has 0 amide bonds. The van der Waals surface area contributed by atoms with E-state index in [1.54, 1.807) is 0 Å². The third kappa shape index (κ3) is 19.2. The van der Waals surface area contributed by atoms with Crippen molar-refractivity contribution in [1.82, 2.24) is 0 Å². The first-order chi connectivity index (χ1) is 13.8. The quantitative estimate of drug-likeness (QED) is 0.160. The number of rotatable bonds is 23. The maximum Gasteiger partial charge on any atom is 0.0494 e. The van der Waals surface area contributed by atoms with Crippen molar-refractivity contribution in [3.8, 4) is 0 Å². The summed E-state index contributed by atoms with van der Waals surface area (Å²) in [6.45, 7) is 13.0. The fourth-order valence-corrected chi connectivity index (χ4v) is 3.82. The third-order valence-corrected chi connectivity index (χ3v) is 6.06. The van der Waals surface area contributed by atoms with Crippen LogP contribution in [0.3, 0.4) is 0 Å². The Morgan fingerprint density at radius 1 is 0.464 bits per heavy atom. The second-order valence-corrected chi connectivity index (χ2v) is 8.82. The van der Waals surface area contributed by atoms with Crippen molar-refractivity contribution in [2.45, 2.75) is 130 Å². The lowest BCUT2D eigenvalue weighted by Crippen LogP contribution is -2.18. The van der Waals surface area contributed by atoms with Gasteiger partial charge >= 0.3 is 0 Å². The summed E-state index contributed by atoms with van der Waals surface area (Å²) in [6.07, 6.45) is 21.3. The van der Waals surface area contributed by atoms with E-state index in [1.807, 2.05) is 0 Å². The Morgan fingerprint density at radius 3 is 1.18 bits per heavy atom. The van der Waals surface area contributed by atoms with Crippen molar-refractivity contribution >= 4 is 0 Å². The van der Waals surface area contributed by atoms with Crippen LogP contribution in [0.4, 0.5) is 0 Å². The van der Waals surface area contributed by atoms with Gasteiger partial charge in [0.1, 0.15) is 0 Å². The van der Waals surface area contributed by atoms with Gasteiger partial charge < -0.3 is 9.47 Å². The molecule has 0 aliphatic carbocycles. The average Bonchev–Trinajstić information content (AvgIpc) is 2.72. The fourth-order valence-electron chi connectivity index (χ4n) is 3.82. The van der Waals surface area contributed by atoms with Crippen LogP contribution in [0.1, 0.15) is 130 Å². The Kier molecular flexibility index (Phi) is 23.1. The molecule has 28 heavy (non-hydrogen) atoms. The van der Waals surface area contributed by atoms with Crippen LogP contribution in [-0.2, 0) is 9.47 Å². The molecule has 2 unspecified atom stereocenters. The second kappa shape index (κ2) is 23.2. The van der Waals surface area contributed by atoms with Crippen LogP contribution in [0.25, 0.3) is 0 Å². The highest BCUT2D eigenvalue weighted by molar-refractivity contribution is 4.64. The predicted molar refractivity (Wildman–Crippen MR) is 125 cm³/mol. The molecule has 0 aliphatic heterocycles. The van der Waals surface area contributed by atoms with Gasteiger partial charge in [-0.05, 0) is 31.1 Å². The van der Waals surface area contributed by atoms with E-state index in [2.05, 4.69) is 27.7 Å². The summed E-state index contributed by atoms with van der Waals surface area (Å²) in [5.74, 6) is 1.40. The summed E-state index contributed by atoms with van der Waals surface area (Å²) >= 11 is 0. The molecule has 0 saturated carbocycles. The predicted octanol–water partition coefficient (Wildman–Crippen LogP) is 8.57. The van der Waals surface area contributed by atoms with E-state index in [1.165, 1.54) is 103 Å². The van der Waals surface area contributed by atoms with E-state index in [4.69, 9.17) is 9.47 Å². The van der Waals surface area contributed by atoms with Crippen LogP contribution < -0.4 is 0 Å². The summed E-state index contributed by atoms with van der Waals surface area (Å²) in [5.41, 5.74) is 0. The van der Waals surface area contributed by atoms with Gasteiger partial charge in [0.25, 0.3) is 0 Å². The highest BCUT2D eigenvalue weighted by Crippen LogP contribution is 2.20. The lowest BCUT2D eigenvalue weighted by Gasteiger charge is -2.22. The zero-order valence-corrected chi connectivity index (χ0v) is 20.1. The van der Waals surface area contributed by atoms with Gasteiger partial charge in [0.2, 0.25) is 0 Å². The average molecular weight is 399 g/mol. The summed E-state index contributed by atoms with van der Waals surface area (Å²) in [6, 6.07) is 0. The molecule has 170 valence electrons. The molecule has 0 rings (SSSR count). The molecule has 2 nitrogen and oxygen atoms in total. The Hall–Kier alpha value is -0.0800. The summed E-state index contributed by atoms with van der Waals surface area (Å²) in [7, 11) is 0. The van der Waals surface area contributed by atoms with Gasteiger partial charge in [-0.1, -0.05) is 111 Å². The van der Waals surface area contributed by atoms with E-state index in [-0.39, 0.29) is 0 Å². The number of ether oxygens (including phenoxy) is 2. The molecular formula is C26H54O2. The van der Waals surface area contributed by atoms with Gasteiger partial charge in [0.05, 0.1) is 0 Å². The minimum atomic E-state index is 0.701. The molecule has 0 N–H and O–H groups in total. The molecule has 0 aliphatic rings. The van der Waals surface area contributed by atoms with Crippen molar-refractivity contribution in [1.29, 1.82) is 0 Å². The Bertz CT molecular complexity index is 280. The van der Waals surface area contributed by atoms with Crippen LogP contribution in [-0.4, -0.2) is 26.4 Å². The molecular weight excluding hydrogens is 344 g/mol. The van der Waals surface area contributed by atoms with Gasteiger partial charge in [-0.2, -0.15) is 0 Å². The monoisotopic (exact) mass is 398 g/mol. The van der Waals surface area contributed by atoms with Crippen molar-refractivity contribution in [3.63, 3.8) is 0 Å². The SMILES string of the molecule is CCCCCCCCCOCC(CC)CC(CC)COCCCCCCCC. The maximum absolute atomic E-state index is 6.01. The van der Waals surface area contributed by atoms with Crippen LogP contribution in [0.15, 0.2) is 0 Å². The topological polar surface area (TPSA) is 18.5 Å². The van der Waals surface area contributed by atoms with Gasteiger partial charge in [-0.25, -0.2) is 0 Å². The Balaban J connectivity index is 3.63. The minimum absolute atomic E-state index is 0.701. The van der Waals surface area contributed by atoms with Crippen LogP contribution in [0, 0.1) is 11.8 Å². The first-order valence-electron chi connectivity index (χ1n) is 12.9. The third-order valence-electron chi connectivity index (χ3n) is 6.06. The minimum Gasteiger partial charge on any atom is -0.381 e. The normalized spacial score (nSPS) is 13.7. The molecule has 0 bridgehead atoms. The largest absolute Gasteiger partial charge is 0.381 e. The molecule has 0 spiro atoms. The highest BCUT2D eigenvalue weighted by atomic mass is 16.5. The van der Waals surface area contributed by atoms with Crippen molar-refractivity contribution in [3.05, 3.63) is 0 Å². The van der Waals surface area contributed by atoms with Crippen LogP contribution in [0.2, 0.25) is 0 Å². The maximum atomic E-state index is 6.01. The van der Waals surface area contributed by atoms with E-state index in [0.717, 1.165) is 26.4 Å². The van der Waals surface area contributed by atoms with Gasteiger partial charge in [0.15, 0.2) is 0 Å². The molecule has 0 heterocycles. The lowest BCUT2D eigenvalue weighted by molar-refractivity contribution is 0.0580. The molecule has 0 radical (unpaired) electrons. The van der Waals surface area contributed by atoms with E-state index in [0.29, 0.717) is 11.8 Å². The van der Waals surface area contributed by atoms with E-state index < -0.39 is 0 Å². The molecule has 0 fully saturated rings. The van der Waals surface area contributed by atoms with E-state index in [9.17, 15) is 0 Å². The molecule has 0 saturated heterocycles. The van der Waals surface area contributed by atoms with Gasteiger partial charge in [0, 0.05) is 26.4 Å². The summed E-state index contributed by atoms with van der Waals surface area (Å²) in [5, 5.41) is 0. The van der Waals surface area contributed by atoms with Crippen LogP contribution in [0.5, 0.6) is 0 Å². The fraction of sp³-hybridized carbons (Fsp3) is 1.00. The first kappa shape index (κ1) is 27.9. The molecule has 0 aromatic heterocycles. The number of hydrogen-bond acceptors (Lipinski definition) is 2. The first-order valence-corrected chi connectivity index (χ1v) is 12.9. The smallest absolute Gasteiger partial charge is 0.0494 e. The van der Waals surface area contributed by atoms with Crippen molar-refractivity contribution in [2.75, 3.05) is 26.4 Å². The zero-order valence-electron chi connectivity index (χ0n) is 20.1. The lowest BCUT2D eigenvalue weighted by atomic mass is 9.92. The number of unbranched alkanes of at least 4 members (excludes halogenated alkanes) is 11. The van der Waals surface area contributed by atoms with Gasteiger partial charge in [-0.15, -0.1) is 0 Å². The standard InChI is InChI=1S/C26H54O2/c1-5-9-11-13-15-17-19-21-28-24-26(8-4)22-25(7-3)23-27-20-18-16-14-12-10-6-2/h25-26H,5-24H2,1-4H3. The molecule has 2 heteroatoms. The molecule has 0 aromatic rings. The van der Waals surface area contributed by atoms with Crippen molar-refractivity contribution in [2.24, 2.45) is 11.8 Å². The van der Waals surface area contributed by atoms with E-state index >= 15 is 0 Å². The zero-order chi connectivity index (χ0) is 20.7.